The van der Waals surface area contributed by atoms with Crippen LogP contribution in [0.5, 0.6) is 17.2 Å². The summed E-state index contributed by atoms with van der Waals surface area (Å²) in [6.45, 7) is 1.18. The van der Waals surface area contributed by atoms with Crippen molar-refractivity contribution in [3.63, 3.8) is 0 Å². The van der Waals surface area contributed by atoms with Crippen molar-refractivity contribution in [3.8, 4) is 28.4 Å². The minimum absolute atomic E-state index is 0.0375. The van der Waals surface area contributed by atoms with E-state index in [0.29, 0.717) is 43.1 Å². The number of rotatable bonds is 14. The Morgan fingerprint density at radius 1 is 0.772 bits per heavy atom. The number of hydrogen-bond donors (Lipinski definition) is 5. The molecule has 6 aromatic rings. The second-order valence-electron chi connectivity index (χ2n) is 14.3. The molecule has 4 unspecified atom stereocenters. The molecule has 0 bridgehead atoms. The number of phenolic OH excluding ortho intramolecular Hbond substituents is 1. The Kier molecular flexibility index (Phi) is 12.9. The van der Waals surface area contributed by atoms with Gasteiger partial charge in [-0.3, -0.25) is 0 Å². The van der Waals surface area contributed by atoms with Gasteiger partial charge in [0.25, 0.3) is 0 Å². The molecule has 57 heavy (non-hydrogen) atoms. The highest BCUT2D eigenvalue weighted by molar-refractivity contribution is 5.89. The minimum Gasteiger partial charge on any atom is -0.508 e. The topological polar surface area (TPSA) is 133 Å². The molecule has 1 fully saturated rings. The highest BCUT2D eigenvalue weighted by Crippen LogP contribution is 2.39. The molecule has 0 aliphatic carbocycles. The van der Waals surface area contributed by atoms with Gasteiger partial charge < -0.3 is 45.1 Å². The van der Waals surface area contributed by atoms with Gasteiger partial charge in [0.2, 0.25) is 0 Å². The molecule has 1 saturated heterocycles. The van der Waals surface area contributed by atoms with Crippen LogP contribution in [0.4, 0.5) is 10.5 Å². The molecule has 4 atom stereocenters. The number of likely N-dealkylation sites (N-methyl/N-ethyl adjacent to an activating group) is 1. The summed E-state index contributed by atoms with van der Waals surface area (Å²) in [5.74, 6) is 1.53. The first-order chi connectivity index (χ1) is 27.8. The van der Waals surface area contributed by atoms with Crippen LogP contribution in [0.3, 0.4) is 0 Å². The van der Waals surface area contributed by atoms with Crippen LogP contribution in [-0.2, 0) is 22.6 Å². The van der Waals surface area contributed by atoms with Crippen LogP contribution >= 0.6 is 0 Å². The van der Waals surface area contributed by atoms with Crippen LogP contribution in [0, 0.1) is 0 Å². The van der Waals surface area contributed by atoms with Crippen molar-refractivity contribution in [1.82, 2.24) is 10.2 Å². The van der Waals surface area contributed by atoms with Gasteiger partial charge in [-0.15, -0.1) is 0 Å². The zero-order chi connectivity index (χ0) is 39.6. The number of nitrogens with one attached hydrogen (secondary N) is 2. The lowest BCUT2D eigenvalue weighted by Crippen LogP contribution is -2.39. The van der Waals surface area contributed by atoms with E-state index in [2.05, 4.69) is 22.8 Å². The minimum atomic E-state index is -0.783. The van der Waals surface area contributed by atoms with E-state index in [-0.39, 0.29) is 30.6 Å². The average Bonchev–Trinajstić information content (AvgIpc) is 3.24. The van der Waals surface area contributed by atoms with Crippen LogP contribution < -0.4 is 15.4 Å². The predicted octanol–water partition coefficient (Wildman–Crippen LogP) is 8.88. The van der Waals surface area contributed by atoms with Gasteiger partial charge in [0.1, 0.15) is 17.2 Å². The first kappa shape index (κ1) is 39.2. The lowest BCUT2D eigenvalue weighted by atomic mass is 9.98. The lowest BCUT2D eigenvalue weighted by molar-refractivity contribution is -0.252. The van der Waals surface area contributed by atoms with E-state index in [9.17, 15) is 20.1 Å². The number of ether oxygens (including phenoxy) is 3. The number of phenols is 1. The molecule has 10 nitrogen and oxygen atoms in total. The summed E-state index contributed by atoms with van der Waals surface area (Å²) in [4.78, 5) is 14.8. The summed E-state index contributed by atoms with van der Waals surface area (Å²) in [5.41, 5.74) is 6.86. The van der Waals surface area contributed by atoms with Gasteiger partial charge in [0, 0.05) is 37.3 Å². The first-order valence-corrected chi connectivity index (χ1v) is 19.0. The second kappa shape index (κ2) is 18.8. The fraction of sp³-hybridized carbons (Fsp3) is 0.213. The van der Waals surface area contributed by atoms with E-state index in [0.717, 1.165) is 39.1 Å². The molecule has 1 heterocycles. The van der Waals surface area contributed by atoms with Crippen LogP contribution in [0.25, 0.3) is 11.1 Å². The Bertz CT molecular complexity index is 2220. The maximum Gasteiger partial charge on any atom is 0.319 e. The molecular formula is C47H47N3O7. The maximum absolute atomic E-state index is 12.8. The molecule has 292 valence electrons. The standard InChI is InChI=1S/C47H47N3O7/c1-50(30-44(53)37-11-7-13-40(52)26-37)29-43-27-45(34-18-16-32(31-51)17-19-34)57-46(56-43)38-12-6-10-36(25-38)35-9-5-8-33(24-35)28-48-47(54)49-39-20-22-42(23-21-39)55-41-14-3-2-4-15-41/h2-26,43-46,51-53H,27-31H2,1H3,(H2,48,49,54). The molecule has 1 aliphatic heterocycles. The van der Waals surface area contributed by atoms with Crippen molar-refractivity contribution in [3.05, 3.63) is 179 Å². The zero-order valence-electron chi connectivity index (χ0n) is 31.7. The van der Waals surface area contributed by atoms with Crippen LogP contribution in [-0.4, -0.2) is 52.5 Å². The van der Waals surface area contributed by atoms with Gasteiger partial charge >= 0.3 is 6.03 Å². The number of hydrogen-bond acceptors (Lipinski definition) is 8. The molecule has 0 spiro atoms. The fourth-order valence-electron chi connectivity index (χ4n) is 6.90. The van der Waals surface area contributed by atoms with Crippen molar-refractivity contribution >= 4 is 11.7 Å². The Hall–Kier alpha value is -6.01. The number of aromatic hydroxyl groups is 1. The zero-order valence-corrected chi connectivity index (χ0v) is 31.7. The molecule has 7 rings (SSSR count). The number of amides is 2. The number of aliphatic hydroxyl groups excluding tert-OH is 2. The van der Waals surface area contributed by atoms with Gasteiger partial charge in [0.15, 0.2) is 6.29 Å². The third-order valence-electron chi connectivity index (χ3n) is 9.83. The van der Waals surface area contributed by atoms with Crippen molar-refractivity contribution < 1.29 is 34.3 Å². The van der Waals surface area contributed by atoms with Crippen molar-refractivity contribution in [2.75, 3.05) is 25.5 Å². The van der Waals surface area contributed by atoms with E-state index in [1.54, 1.807) is 36.4 Å². The molecule has 1 aliphatic rings. The van der Waals surface area contributed by atoms with Crippen LogP contribution in [0.1, 0.15) is 52.7 Å². The summed E-state index contributed by atoms with van der Waals surface area (Å²) < 4.78 is 19.1. The lowest BCUT2D eigenvalue weighted by Gasteiger charge is -2.38. The third-order valence-corrected chi connectivity index (χ3v) is 9.83. The SMILES string of the molecule is CN(CC1CC(c2ccc(CO)cc2)OC(c2cccc(-c3cccc(CNC(=O)Nc4ccc(Oc5ccccc5)cc4)c3)c2)O1)CC(O)c1cccc(O)c1. The molecule has 0 radical (unpaired) electrons. The molecule has 10 heteroatoms. The Balaban J connectivity index is 1.00. The van der Waals surface area contributed by atoms with E-state index in [1.165, 1.54) is 0 Å². The quantitative estimate of drug-likeness (QED) is 0.0743. The number of urea groups is 1. The second-order valence-corrected chi connectivity index (χ2v) is 14.3. The van der Waals surface area contributed by atoms with Crippen LogP contribution in [0.2, 0.25) is 0 Å². The van der Waals surface area contributed by atoms with E-state index < -0.39 is 12.4 Å². The molecule has 0 saturated carbocycles. The highest BCUT2D eigenvalue weighted by atomic mass is 16.7. The van der Waals surface area contributed by atoms with Gasteiger partial charge in [-0.25, -0.2) is 4.79 Å². The predicted molar refractivity (Wildman–Crippen MR) is 220 cm³/mol. The summed E-state index contributed by atoms with van der Waals surface area (Å²) in [7, 11) is 1.94. The average molecular weight is 766 g/mol. The summed E-state index contributed by atoms with van der Waals surface area (Å²) in [6, 6.07) is 47.0. The largest absolute Gasteiger partial charge is 0.508 e. The summed E-state index contributed by atoms with van der Waals surface area (Å²) >= 11 is 0. The molecular weight excluding hydrogens is 719 g/mol. The third kappa shape index (κ3) is 10.9. The number of carbonyl (C=O) groups excluding carboxylic acids is 1. The number of aliphatic hydroxyl groups is 2. The first-order valence-electron chi connectivity index (χ1n) is 19.0. The van der Waals surface area contributed by atoms with Gasteiger partial charge in [-0.1, -0.05) is 91.0 Å². The van der Waals surface area contributed by atoms with Crippen LogP contribution in [0.15, 0.2) is 152 Å². The Morgan fingerprint density at radius 3 is 2.25 bits per heavy atom. The normalized spacial score (nSPS) is 17.2. The smallest absolute Gasteiger partial charge is 0.319 e. The van der Waals surface area contributed by atoms with Crippen molar-refractivity contribution in [2.24, 2.45) is 0 Å². The molecule has 0 aromatic heterocycles. The van der Waals surface area contributed by atoms with E-state index in [1.807, 2.05) is 115 Å². The highest BCUT2D eigenvalue weighted by Gasteiger charge is 2.33. The number of para-hydroxylation sites is 1. The fourth-order valence-corrected chi connectivity index (χ4v) is 6.90. The van der Waals surface area contributed by atoms with E-state index in [4.69, 9.17) is 14.2 Å². The number of benzene rings is 6. The monoisotopic (exact) mass is 765 g/mol. The summed E-state index contributed by atoms with van der Waals surface area (Å²) in [6.07, 6.45) is -1.34. The molecule has 5 N–H and O–H groups in total. The maximum atomic E-state index is 12.8. The van der Waals surface area contributed by atoms with E-state index >= 15 is 0 Å². The summed E-state index contributed by atoms with van der Waals surface area (Å²) in [5, 5.41) is 36.3. The number of anilines is 1. The van der Waals surface area contributed by atoms with Gasteiger partial charge in [-0.2, -0.15) is 0 Å². The molecule has 2 amide bonds. The molecule has 6 aromatic carbocycles. The number of nitrogens with zero attached hydrogens (tertiary/aromatic N) is 1. The Morgan fingerprint density at radius 2 is 1.49 bits per heavy atom. The van der Waals surface area contributed by atoms with Gasteiger partial charge in [-0.05, 0) is 101 Å². The number of carbonyl (C=O) groups is 1. The van der Waals surface area contributed by atoms with Crippen molar-refractivity contribution in [2.45, 2.75) is 44.2 Å². The Labute approximate surface area is 332 Å². The van der Waals surface area contributed by atoms with Crippen molar-refractivity contribution in [1.29, 1.82) is 0 Å². The van der Waals surface area contributed by atoms with Gasteiger partial charge in [0.05, 0.1) is 24.9 Å².